The molecule has 1 saturated heterocycles. The molecule has 8 nitrogen and oxygen atoms in total. The number of hydrogen-bond donors (Lipinski definition) is 1. The lowest BCUT2D eigenvalue weighted by molar-refractivity contribution is -0.130. The minimum Gasteiger partial charge on any atom is -0.384 e. The van der Waals surface area contributed by atoms with E-state index in [1.807, 2.05) is 35.8 Å². The van der Waals surface area contributed by atoms with Gasteiger partial charge in [-0.1, -0.05) is 44.2 Å². The number of carbonyl (C=O) groups excluding carboxylic acids is 1. The van der Waals surface area contributed by atoms with Crippen LogP contribution in [-0.2, 0) is 4.79 Å². The number of rotatable bonds is 4. The summed E-state index contributed by atoms with van der Waals surface area (Å²) < 4.78 is 15.0. The zero-order valence-corrected chi connectivity index (χ0v) is 24.8. The van der Waals surface area contributed by atoms with E-state index in [0.717, 1.165) is 28.3 Å². The Bertz CT molecular complexity index is 1560. The van der Waals surface area contributed by atoms with Gasteiger partial charge in [0.25, 0.3) is 0 Å². The van der Waals surface area contributed by atoms with Crippen LogP contribution in [-0.4, -0.2) is 63.4 Å². The Labute approximate surface area is 245 Å². The van der Waals surface area contributed by atoms with E-state index in [-0.39, 0.29) is 30.6 Å². The molecular formula is C31H35ClFN7O. The number of pyridine rings is 2. The molecule has 0 radical (unpaired) electrons. The number of nitrogen functional groups attached to an aromatic ring is 1. The molecule has 2 aliphatic rings. The van der Waals surface area contributed by atoms with Gasteiger partial charge in [0.15, 0.2) is 0 Å². The molecule has 4 heterocycles. The Hall–Kier alpha value is -3.98. The summed E-state index contributed by atoms with van der Waals surface area (Å²) in [6.07, 6.45) is 1.35. The number of nitrogens with zero attached hydrogens (tertiary/aromatic N) is 6. The molecule has 1 fully saturated rings. The van der Waals surface area contributed by atoms with Gasteiger partial charge < -0.3 is 20.4 Å². The highest BCUT2D eigenvalue weighted by atomic mass is 35.5. The van der Waals surface area contributed by atoms with E-state index in [2.05, 4.69) is 37.2 Å². The lowest BCUT2D eigenvalue weighted by Crippen LogP contribution is -2.59. The summed E-state index contributed by atoms with van der Waals surface area (Å²) in [5, 5.41) is 0.320. The number of amides is 1. The largest absolute Gasteiger partial charge is 0.384 e. The van der Waals surface area contributed by atoms with Crippen molar-refractivity contribution in [3.63, 3.8) is 0 Å². The molecule has 214 valence electrons. The van der Waals surface area contributed by atoms with Crippen molar-refractivity contribution < 1.29 is 9.18 Å². The highest BCUT2D eigenvalue weighted by molar-refractivity contribution is 6.33. The van der Waals surface area contributed by atoms with Gasteiger partial charge in [0.2, 0.25) is 5.91 Å². The molecule has 10 heteroatoms. The number of amidine groups is 1. The SMILES string of the molecule is C=CC(=O)N1CC(C)N(C2=NCN(c3c(C)cc(N)nc3C(C)C)c3nc(-c4ccccc4F)c(Cl)cc32)CC1C. The van der Waals surface area contributed by atoms with Crippen LogP contribution >= 0.6 is 11.6 Å². The Morgan fingerprint density at radius 3 is 2.56 bits per heavy atom. The van der Waals surface area contributed by atoms with Gasteiger partial charge in [0, 0.05) is 30.7 Å². The number of nitrogens with two attached hydrogens (primary N) is 1. The maximum absolute atomic E-state index is 15.0. The molecule has 41 heavy (non-hydrogen) atoms. The molecule has 0 spiro atoms. The first kappa shape index (κ1) is 28.5. The minimum atomic E-state index is -0.406. The van der Waals surface area contributed by atoms with E-state index in [9.17, 15) is 9.18 Å². The van der Waals surface area contributed by atoms with Crippen LogP contribution in [0.5, 0.6) is 0 Å². The van der Waals surface area contributed by atoms with Crippen molar-refractivity contribution in [2.24, 2.45) is 4.99 Å². The average Bonchev–Trinajstić information content (AvgIpc) is 2.93. The number of aromatic nitrogens is 2. The molecular weight excluding hydrogens is 541 g/mol. The number of piperazine rings is 1. The van der Waals surface area contributed by atoms with Crippen LogP contribution in [0.15, 0.2) is 54.0 Å². The molecule has 0 aliphatic carbocycles. The predicted octanol–water partition coefficient (Wildman–Crippen LogP) is 5.91. The Balaban J connectivity index is 1.69. The molecule has 0 bridgehead atoms. The van der Waals surface area contributed by atoms with Crippen LogP contribution in [0.25, 0.3) is 11.3 Å². The maximum Gasteiger partial charge on any atom is 0.246 e. The van der Waals surface area contributed by atoms with Gasteiger partial charge in [-0.05, 0) is 62.6 Å². The van der Waals surface area contributed by atoms with Gasteiger partial charge in [0.05, 0.1) is 27.7 Å². The molecule has 2 atom stereocenters. The quantitative estimate of drug-likeness (QED) is 0.389. The molecule has 2 N–H and O–H groups in total. The maximum atomic E-state index is 15.0. The Morgan fingerprint density at radius 1 is 1.15 bits per heavy atom. The van der Waals surface area contributed by atoms with Crippen molar-refractivity contribution in [1.29, 1.82) is 0 Å². The fourth-order valence-corrected chi connectivity index (χ4v) is 5.97. The molecule has 2 aromatic heterocycles. The third-order valence-corrected chi connectivity index (χ3v) is 7.99. The fourth-order valence-electron chi connectivity index (χ4n) is 5.72. The molecule has 3 aromatic rings. The summed E-state index contributed by atoms with van der Waals surface area (Å²) in [7, 11) is 0. The van der Waals surface area contributed by atoms with E-state index < -0.39 is 5.82 Å². The number of carbonyl (C=O) groups is 1. The van der Waals surface area contributed by atoms with Crippen molar-refractivity contribution in [2.45, 2.75) is 52.6 Å². The van der Waals surface area contributed by atoms with Gasteiger partial charge in [-0.15, -0.1) is 0 Å². The lowest BCUT2D eigenvalue weighted by atomic mass is 10.0. The van der Waals surface area contributed by atoms with E-state index >= 15 is 0 Å². The van der Waals surface area contributed by atoms with Gasteiger partial charge >= 0.3 is 0 Å². The number of halogens is 2. The molecule has 2 aliphatic heterocycles. The zero-order chi connectivity index (χ0) is 29.6. The third kappa shape index (κ3) is 5.14. The number of hydrogen-bond acceptors (Lipinski definition) is 7. The summed E-state index contributed by atoms with van der Waals surface area (Å²) in [6.45, 7) is 15.2. The monoisotopic (exact) mass is 575 g/mol. The van der Waals surface area contributed by atoms with Crippen LogP contribution in [0.2, 0.25) is 5.02 Å². The van der Waals surface area contributed by atoms with Crippen molar-refractivity contribution in [1.82, 2.24) is 19.8 Å². The van der Waals surface area contributed by atoms with Crippen LogP contribution in [0.1, 0.15) is 50.4 Å². The van der Waals surface area contributed by atoms with Gasteiger partial charge in [-0.2, -0.15) is 0 Å². The Morgan fingerprint density at radius 2 is 1.88 bits per heavy atom. The number of aliphatic imine (C=N–C) groups is 1. The molecule has 5 rings (SSSR count). The second kappa shape index (κ2) is 11.1. The van der Waals surface area contributed by atoms with Crippen LogP contribution in [0, 0.1) is 12.7 Å². The molecule has 1 amide bonds. The van der Waals surface area contributed by atoms with Crippen LogP contribution < -0.4 is 10.6 Å². The molecule has 2 unspecified atom stereocenters. The first-order chi connectivity index (χ1) is 19.5. The highest BCUT2D eigenvalue weighted by Crippen LogP contribution is 2.42. The van der Waals surface area contributed by atoms with E-state index in [0.29, 0.717) is 41.0 Å². The average molecular weight is 576 g/mol. The molecule has 0 saturated carbocycles. The number of fused-ring (bicyclic) bond motifs is 1. The van der Waals surface area contributed by atoms with Crippen molar-refractivity contribution in [3.05, 3.63) is 76.7 Å². The first-order valence-corrected chi connectivity index (χ1v) is 14.1. The zero-order valence-electron chi connectivity index (χ0n) is 24.0. The summed E-state index contributed by atoms with van der Waals surface area (Å²) in [5.41, 5.74) is 10.2. The smallest absolute Gasteiger partial charge is 0.246 e. The minimum absolute atomic E-state index is 0.0237. The van der Waals surface area contributed by atoms with E-state index in [1.54, 1.807) is 18.2 Å². The van der Waals surface area contributed by atoms with Crippen LogP contribution in [0.3, 0.4) is 0 Å². The van der Waals surface area contributed by atoms with Crippen LogP contribution in [0.4, 0.5) is 21.7 Å². The topological polar surface area (TPSA) is 91.0 Å². The van der Waals surface area contributed by atoms with Crippen molar-refractivity contribution >= 4 is 40.7 Å². The van der Waals surface area contributed by atoms with E-state index in [4.69, 9.17) is 27.3 Å². The first-order valence-electron chi connectivity index (χ1n) is 13.8. The Kier molecular flexibility index (Phi) is 7.74. The summed E-state index contributed by atoms with van der Waals surface area (Å²) >= 11 is 6.83. The third-order valence-electron chi connectivity index (χ3n) is 7.71. The normalized spacial score (nSPS) is 18.8. The second-order valence-electron chi connectivity index (χ2n) is 11.0. The summed E-state index contributed by atoms with van der Waals surface area (Å²) in [5.74, 6) is 1.38. The lowest BCUT2D eigenvalue weighted by Gasteiger charge is -2.46. The van der Waals surface area contributed by atoms with Crippen molar-refractivity contribution in [2.75, 3.05) is 30.4 Å². The predicted molar refractivity (Wildman–Crippen MR) is 163 cm³/mol. The van der Waals surface area contributed by atoms with Crippen molar-refractivity contribution in [3.8, 4) is 11.3 Å². The van der Waals surface area contributed by atoms with Gasteiger partial charge in [-0.25, -0.2) is 19.4 Å². The van der Waals surface area contributed by atoms with E-state index in [1.165, 1.54) is 12.1 Å². The summed E-state index contributed by atoms with van der Waals surface area (Å²) in [6, 6.07) is 10.1. The standard InChI is InChI=1S/C31H35ClFN7O/c1-7-26(41)38-14-20(6)39(15-19(38)5)30-22-13-23(32)28(21-10-8-9-11-24(21)33)37-31(22)40(16-35-30)29-18(4)12-25(34)36-27(29)17(2)3/h7-13,17,19-20H,1,14-16H2,2-6H3,(H2,34,36). The van der Waals surface area contributed by atoms with Gasteiger partial charge in [-0.3, -0.25) is 4.79 Å². The number of anilines is 3. The summed E-state index contributed by atoms with van der Waals surface area (Å²) in [4.78, 5) is 33.3. The second-order valence-corrected chi connectivity index (χ2v) is 11.4. The van der Waals surface area contributed by atoms with Gasteiger partial charge in [0.1, 0.15) is 30.0 Å². The number of benzene rings is 1. The molecule has 1 aromatic carbocycles. The number of aryl methyl sites for hydroxylation is 1. The highest BCUT2D eigenvalue weighted by Gasteiger charge is 2.37. The fraction of sp³-hybridized carbons (Fsp3) is 0.355.